The fraction of sp³-hybridized carbons (Fsp3) is 0.229. The molecule has 5 aromatic rings. The number of hydrogen-bond donors (Lipinski definition) is 0. The quantitative estimate of drug-likeness (QED) is 0.149. The van der Waals surface area contributed by atoms with E-state index < -0.39 is 0 Å². The van der Waals surface area contributed by atoms with Crippen molar-refractivity contribution < 1.29 is 18.6 Å². The number of benzene rings is 4. The van der Waals surface area contributed by atoms with Crippen molar-refractivity contribution in [2.24, 2.45) is 5.10 Å². The smallest absolute Gasteiger partial charge is 0.282 e. The van der Waals surface area contributed by atoms with Crippen LogP contribution in [0.5, 0.6) is 17.2 Å². The highest BCUT2D eigenvalue weighted by atomic mass is 35.5. The monoisotopic (exact) mass is 613 g/mol. The summed E-state index contributed by atoms with van der Waals surface area (Å²) in [5.74, 6) is 1.71. The second-order valence-corrected chi connectivity index (χ2v) is 11.0. The van der Waals surface area contributed by atoms with Crippen LogP contribution in [0.1, 0.15) is 48.9 Å². The third-order valence-electron chi connectivity index (χ3n) is 7.12. The van der Waals surface area contributed by atoms with Crippen LogP contribution in [0.4, 0.5) is 4.39 Å². The number of hydrogen-bond acceptors (Lipinski definition) is 6. The molecule has 44 heavy (non-hydrogen) atoms. The number of aryl methyl sites for hydroxylation is 1. The van der Waals surface area contributed by atoms with E-state index in [1.54, 1.807) is 36.4 Å². The largest absolute Gasteiger partial charge is 0.494 e. The Kier molecular flexibility index (Phi) is 9.30. The van der Waals surface area contributed by atoms with Gasteiger partial charge in [-0.1, -0.05) is 49.7 Å². The lowest BCUT2D eigenvalue weighted by atomic mass is 9.96. The summed E-state index contributed by atoms with van der Waals surface area (Å²) in [7, 11) is 1.50. The standard InChI is InChI=1S/C35H33ClFN3O4/c1-6-43-31-14-22(4)28(18-27(31)21(2)3)34-39-30-13-8-7-12-26(30)35(41)40(34)38-19-24-16-29(36)33(32(17-24)42-5)44-20-23-10-9-11-25(37)15-23/h7-19,21H,6,20H2,1-5H3. The molecule has 4 aromatic carbocycles. The van der Waals surface area contributed by atoms with Crippen LogP contribution >= 0.6 is 11.6 Å². The molecule has 1 heterocycles. The van der Waals surface area contributed by atoms with Crippen molar-refractivity contribution in [3.8, 4) is 28.6 Å². The second kappa shape index (κ2) is 13.3. The van der Waals surface area contributed by atoms with E-state index in [1.165, 1.54) is 30.1 Å². The average Bonchev–Trinajstić information content (AvgIpc) is 3.00. The Balaban J connectivity index is 1.59. The summed E-state index contributed by atoms with van der Waals surface area (Å²) >= 11 is 6.60. The van der Waals surface area contributed by atoms with Gasteiger partial charge in [0.05, 0.1) is 35.9 Å². The Morgan fingerprint density at radius 2 is 1.82 bits per heavy atom. The average molecular weight is 614 g/mol. The Bertz CT molecular complexity index is 1920. The van der Waals surface area contributed by atoms with Gasteiger partial charge in [0.2, 0.25) is 0 Å². The van der Waals surface area contributed by atoms with Crippen molar-refractivity contribution in [1.82, 2.24) is 9.66 Å². The molecule has 226 valence electrons. The first kappa shape index (κ1) is 30.8. The fourth-order valence-corrected chi connectivity index (χ4v) is 5.21. The molecule has 0 aliphatic heterocycles. The number of ether oxygens (including phenoxy) is 3. The molecule has 0 radical (unpaired) electrons. The zero-order valence-corrected chi connectivity index (χ0v) is 26.0. The van der Waals surface area contributed by atoms with Crippen molar-refractivity contribution in [2.45, 2.75) is 40.2 Å². The first-order valence-corrected chi connectivity index (χ1v) is 14.7. The molecule has 0 unspecified atom stereocenters. The Morgan fingerprint density at radius 1 is 1.02 bits per heavy atom. The van der Waals surface area contributed by atoms with E-state index >= 15 is 0 Å². The molecule has 0 saturated heterocycles. The normalized spacial score (nSPS) is 11.5. The second-order valence-electron chi connectivity index (χ2n) is 10.6. The summed E-state index contributed by atoms with van der Waals surface area (Å²) in [5, 5.41) is 5.33. The van der Waals surface area contributed by atoms with E-state index in [1.807, 2.05) is 38.1 Å². The maximum absolute atomic E-state index is 13.8. The van der Waals surface area contributed by atoms with Gasteiger partial charge in [0.25, 0.3) is 5.56 Å². The van der Waals surface area contributed by atoms with Gasteiger partial charge in [0, 0.05) is 5.56 Å². The summed E-state index contributed by atoms with van der Waals surface area (Å²) in [6.07, 6.45) is 1.53. The number of rotatable bonds is 10. The Hall–Kier alpha value is -4.69. The highest BCUT2D eigenvalue weighted by Gasteiger charge is 2.19. The zero-order valence-electron chi connectivity index (χ0n) is 25.2. The first-order valence-electron chi connectivity index (χ1n) is 14.3. The molecular formula is C35H33ClFN3O4. The van der Waals surface area contributed by atoms with Crippen molar-refractivity contribution in [3.63, 3.8) is 0 Å². The van der Waals surface area contributed by atoms with Gasteiger partial charge in [-0.15, -0.1) is 0 Å². The molecule has 0 bridgehead atoms. The molecule has 0 N–H and O–H groups in total. The first-order chi connectivity index (χ1) is 21.2. The summed E-state index contributed by atoms with van der Waals surface area (Å²) in [6.45, 7) is 8.75. The molecule has 0 fully saturated rings. The van der Waals surface area contributed by atoms with Crippen LogP contribution in [0.25, 0.3) is 22.3 Å². The topological polar surface area (TPSA) is 74.9 Å². The Labute approximate surface area is 260 Å². The van der Waals surface area contributed by atoms with Crippen LogP contribution in [0.2, 0.25) is 5.02 Å². The van der Waals surface area contributed by atoms with Gasteiger partial charge < -0.3 is 14.2 Å². The van der Waals surface area contributed by atoms with Gasteiger partial charge in [0.1, 0.15) is 18.2 Å². The number of halogens is 2. The van der Waals surface area contributed by atoms with E-state index in [0.717, 1.165) is 22.4 Å². The van der Waals surface area contributed by atoms with Gasteiger partial charge in [0.15, 0.2) is 17.3 Å². The van der Waals surface area contributed by atoms with Crippen LogP contribution in [-0.4, -0.2) is 29.6 Å². The van der Waals surface area contributed by atoms with Crippen molar-refractivity contribution in [3.05, 3.63) is 116 Å². The van der Waals surface area contributed by atoms with Crippen LogP contribution in [0, 0.1) is 12.7 Å². The van der Waals surface area contributed by atoms with Crippen LogP contribution < -0.4 is 19.8 Å². The van der Waals surface area contributed by atoms with E-state index in [2.05, 4.69) is 18.9 Å². The highest BCUT2D eigenvalue weighted by Crippen LogP contribution is 2.37. The van der Waals surface area contributed by atoms with Crippen molar-refractivity contribution in [2.75, 3.05) is 13.7 Å². The lowest BCUT2D eigenvalue weighted by Gasteiger charge is -2.18. The summed E-state index contributed by atoms with van der Waals surface area (Å²) in [5.41, 5.74) is 4.16. The van der Waals surface area contributed by atoms with Crippen LogP contribution in [-0.2, 0) is 6.61 Å². The fourth-order valence-electron chi connectivity index (χ4n) is 4.94. The molecule has 5 rings (SSSR count). The van der Waals surface area contributed by atoms with E-state index in [9.17, 15) is 9.18 Å². The predicted molar refractivity (Wildman–Crippen MR) is 173 cm³/mol. The molecule has 0 saturated carbocycles. The summed E-state index contributed by atoms with van der Waals surface area (Å²) in [4.78, 5) is 18.7. The molecule has 9 heteroatoms. The van der Waals surface area contributed by atoms with Gasteiger partial charge >= 0.3 is 0 Å². The zero-order chi connectivity index (χ0) is 31.4. The Morgan fingerprint density at radius 3 is 2.55 bits per heavy atom. The van der Waals surface area contributed by atoms with E-state index in [-0.39, 0.29) is 28.9 Å². The van der Waals surface area contributed by atoms with E-state index in [4.69, 9.17) is 30.8 Å². The van der Waals surface area contributed by atoms with Gasteiger partial charge in [-0.2, -0.15) is 9.78 Å². The van der Waals surface area contributed by atoms with Gasteiger partial charge in [-0.05, 0) is 90.6 Å². The number of para-hydroxylation sites is 1. The molecule has 7 nitrogen and oxygen atoms in total. The van der Waals surface area contributed by atoms with Crippen LogP contribution in [0.3, 0.4) is 0 Å². The molecular weight excluding hydrogens is 581 g/mol. The minimum Gasteiger partial charge on any atom is -0.494 e. The number of aromatic nitrogens is 2. The third-order valence-corrected chi connectivity index (χ3v) is 7.40. The van der Waals surface area contributed by atoms with Crippen molar-refractivity contribution >= 4 is 28.7 Å². The maximum Gasteiger partial charge on any atom is 0.282 e. The number of fused-ring (bicyclic) bond motifs is 1. The lowest BCUT2D eigenvalue weighted by molar-refractivity contribution is 0.284. The summed E-state index contributed by atoms with van der Waals surface area (Å²) in [6, 6.07) is 20.7. The molecule has 1 aromatic heterocycles. The highest BCUT2D eigenvalue weighted by molar-refractivity contribution is 6.32. The molecule has 0 spiro atoms. The van der Waals surface area contributed by atoms with Crippen molar-refractivity contribution in [1.29, 1.82) is 0 Å². The van der Waals surface area contributed by atoms with Gasteiger partial charge in [-0.3, -0.25) is 4.79 Å². The number of nitrogens with zero attached hydrogens (tertiary/aromatic N) is 3. The number of methoxy groups -OCH3 is 1. The maximum atomic E-state index is 13.8. The summed E-state index contributed by atoms with van der Waals surface area (Å²) < 4.78 is 32.3. The minimum absolute atomic E-state index is 0.0998. The third kappa shape index (κ3) is 6.45. The minimum atomic E-state index is -0.352. The van der Waals surface area contributed by atoms with Gasteiger partial charge in [-0.25, -0.2) is 9.37 Å². The molecule has 0 atom stereocenters. The SMILES string of the molecule is CCOc1cc(C)c(-c2nc3ccccc3c(=O)n2N=Cc2cc(Cl)c(OCc3cccc(F)c3)c(OC)c2)cc1C(C)C. The molecule has 0 aliphatic rings. The van der Waals surface area contributed by atoms with E-state index in [0.29, 0.717) is 46.0 Å². The van der Waals surface area contributed by atoms with Crippen LogP contribution in [0.15, 0.2) is 82.7 Å². The molecule has 0 amide bonds. The lowest BCUT2D eigenvalue weighted by Crippen LogP contribution is -2.21. The molecule has 0 aliphatic carbocycles. The predicted octanol–water partition coefficient (Wildman–Crippen LogP) is 8.16.